The first kappa shape index (κ1) is 15.4. The van der Waals surface area contributed by atoms with E-state index in [2.05, 4.69) is 0 Å². The van der Waals surface area contributed by atoms with E-state index in [1.54, 1.807) is 12.1 Å². The zero-order chi connectivity index (χ0) is 14.4. The molecule has 0 amide bonds. The number of benzene rings is 1. The number of carboxylic acid groups (broad SMARTS) is 1. The molecule has 0 saturated carbocycles. The number of ether oxygens (including phenoxy) is 1. The van der Waals surface area contributed by atoms with Gasteiger partial charge in [0.25, 0.3) is 0 Å². The van der Waals surface area contributed by atoms with Crippen molar-refractivity contribution in [2.24, 2.45) is 0 Å². The van der Waals surface area contributed by atoms with Gasteiger partial charge in [-0.05, 0) is 19.5 Å². The van der Waals surface area contributed by atoms with Crippen molar-refractivity contribution >= 4 is 5.97 Å². The molecule has 1 aromatic rings. The number of carbonyl (C=O) groups is 1. The van der Waals surface area contributed by atoms with E-state index in [-0.39, 0.29) is 18.3 Å². The van der Waals surface area contributed by atoms with Gasteiger partial charge in [0, 0.05) is 24.2 Å². The van der Waals surface area contributed by atoms with E-state index in [4.69, 9.17) is 9.84 Å². The lowest BCUT2D eigenvalue weighted by molar-refractivity contribution is -0.138. The minimum atomic E-state index is -0.846. The third-order valence-electron chi connectivity index (χ3n) is 3.13. The van der Waals surface area contributed by atoms with Crippen LogP contribution in [-0.2, 0) is 11.3 Å². The first-order chi connectivity index (χ1) is 8.97. The summed E-state index contributed by atoms with van der Waals surface area (Å²) in [6, 6.07) is 4.58. The highest BCUT2D eigenvalue weighted by molar-refractivity contribution is 5.67. The number of hydrogen-bond donors (Lipinski definition) is 1. The van der Waals surface area contributed by atoms with Crippen LogP contribution < -0.4 is 4.74 Å². The number of carboxylic acids is 1. The molecule has 0 aromatic heterocycles. The molecular formula is C14H20FNO3. The number of aliphatic carboxylic acids is 1. The quantitative estimate of drug-likeness (QED) is 0.826. The molecule has 0 spiro atoms. The third kappa shape index (κ3) is 4.52. The van der Waals surface area contributed by atoms with Gasteiger partial charge in [0.15, 0.2) is 0 Å². The van der Waals surface area contributed by atoms with Gasteiger partial charge in [0.05, 0.1) is 13.5 Å². The average molecular weight is 269 g/mol. The molecule has 0 radical (unpaired) electrons. The van der Waals surface area contributed by atoms with Crippen molar-refractivity contribution in [2.45, 2.75) is 32.9 Å². The lowest BCUT2D eigenvalue weighted by Crippen LogP contribution is -2.34. The topological polar surface area (TPSA) is 49.8 Å². The second kappa shape index (κ2) is 7.09. The normalized spacial score (nSPS) is 12.5. The second-order valence-corrected chi connectivity index (χ2v) is 4.47. The highest BCUT2D eigenvalue weighted by Gasteiger charge is 2.17. The molecule has 1 aromatic carbocycles. The molecule has 0 heterocycles. The SMILES string of the molecule is CCN(Cc1ccc(OC)cc1F)C(C)CC(=O)O. The number of methoxy groups -OCH3 is 1. The molecule has 0 bridgehead atoms. The van der Waals surface area contributed by atoms with E-state index in [1.807, 2.05) is 18.7 Å². The fourth-order valence-electron chi connectivity index (χ4n) is 1.96. The summed E-state index contributed by atoms with van der Waals surface area (Å²) in [7, 11) is 1.49. The predicted molar refractivity (Wildman–Crippen MR) is 70.8 cm³/mol. The van der Waals surface area contributed by atoms with Crippen molar-refractivity contribution in [3.05, 3.63) is 29.6 Å². The lowest BCUT2D eigenvalue weighted by Gasteiger charge is -2.27. The molecule has 1 unspecified atom stereocenters. The standard InChI is InChI=1S/C14H20FNO3/c1-4-16(10(2)7-14(17)18)9-11-5-6-12(19-3)8-13(11)15/h5-6,8,10H,4,7,9H2,1-3H3,(H,17,18). The summed E-state index contributed by atoms with van der Waals surface area (Å²) in [6.45, 7) is 4.82. The van der Waals surface area contributed by atoms with E-state index in [0.717, 1.165) is 0 Å². The van der Waals surface area contributed by atoms with Crippen molar-refractivity contribution in [2.75, 3.05) is 13.7 Å². The first-order valence-corrected chi connectivity index (χ1v) is 6.26. The monoisotopic (exact) mass is 269 g/mol. The average Bonchev–Trinajstić information content (AvgIpc) is 2.36. The van der Waals surface area contributed by atoms with E-state index in [1.165, 1.54) is 13.2 Å². The van der Waals surface area contributed by atoms with Gasteiger partial charge in [-0.2, -0.15) is 0 Å². The van der Waals surface area contributed by atoms with Gasteiger partial charge in [-0.3, -0.25) is 9.69 Å². The van der Waals surface area contributed by atoms with Gasteiger partial charge >= 0.3 is 5.97 Å². The van der Waals surface area contributed by atoms with E-state index in [9.17, 15) is 9.18 Å². The molecule has 5 heteroatoms. The minimum absolute atomic E-state index is 0.0472. The molecule has 1 rings (SSSR count). The Labute approximate surface area is 112 Å². The fraction of sp³-hybridized carbons (Fsp3) is 0.500. The van der Waals surface area contributed by atoms with Crippen LogP contribution in [0.3, 0.4) is 0 Å². The number of hydrogen-bond acceptors (Lipinski definition) is 3. The minimum Gasteiger partial charge on any atom is -0.497 e. The Morgan fingerprint density at radius 2 is 2.21 bits per heavy atom. The van der Waals surface area contributed by atoms with Gasteiger partial charge in [-0.1, -0.05) is 13.0 Å². The van der Waals surface area contributed by atoms with Crippen LogP contribution in [0.4, 0.5) is 4.39 Å². The van der Waals surface area contributed by atoms with Crippen LogP contribution in [0.1, 0.15) is 25.8 Å². The van der Waals surface area contributed by atoms with Crippen LogP contribution in [0, 0.1) is 5.82 Å². The zero-order valence-electron chi connectivity index (χ0n) is 11.5. The summed E-state index contributed by atoms with van der Waals surface area (Å²) in [5.41, 5.74) is 0.542. The van der Waals surface area contributed by atoms with Crippen molar-refractivity contribution in [1.82, 2.24) is 4.90 Å². The number of rotatable bonds is 7. The summed E-state index contributed by atoms with van der Waals surface area (Å²) in [4.78, 5) is 12.6. The van der Waals surface area contributed by atoms with Gasteiger partial charge in [0.2, 0.25) is 0 Å². The molecule has 1 atom stereocenters. The second-order valence-electron chi connectivity index (χ2n) is 4.47. The van der Waals surface area contributed by atoms with Gasteiger partial charge in [0.1, 0.15) is 11.6 Å². The smallest absolute Gasteiger partial charge is 0.304 e. The van der Waals surface area contributed by atoms with Crippen LogP contribution in [-0.4, -0.2) is 35.7 Å². The molecule has 0 aliphatic rings. The molecule has 0 aliphatic heterocycles. The Hall–Kier alpha value is -1.62. The molecule has 0 saturated heterocycles. The molecule has 0 fully saturated rings. The Balaban J connectivity index is 2.78. The highest BCUT2D eigenvalue weighted by atomic mass is 19.1. The van der Waals surface area contributed by atoms with Crippen molar-refractivity contribution < 1.29 is 19.0 Å². The van der Waals surface area contributed by atoms with Crippen molar-refractivity contribution in [3.63, 3.8) is 0 Å². The fourth-order valence-corrected chi connectivity index (χ4v) is 1.96. The third-order valence-corrected chi connectivity index (χ3v) is 3.13. The Bertz CT molecular complexity index is 437. The summed E-state index contributed by atoms with van der Waals surface area (Å²) in [5.74, 6) is -0.704. The summed E-state index contributed by atoms with van der Waals surface area (Å²) >= 11 is 0. The summed E-state index contributed by atoms with van der Waals surface area (Å²) in [5, 5.41) is 8.80. The van der Waals surface area contributed by atoms with Gasteiger partial charge in [-0.15, -0.1) is 0 Å². The van der Waals surface area contributed by atoms with E-state index < -0.39 is 5.97 Å². The number of halogens is 1. The molecule has 19 heavy (non-hydrogen) atoms. The maximum atomic E-state index is 13.8. The highest BCUT2D eigenvalue weighted by Crippen LogP contribution is 2.19. The summed E-state index contributed by atoms with van der Waals surface area (Å²) in [6.07, 6.45) is 0.0472. The molecule has 4 nitrogen and oxygen atoms in total. The first-order valence-electron chi connectivity index (χ1n) is 6.26. The largest absolute Gasteiger partial charge is 0.497 e. The maximum Gasteiger partial charge on any atom is 0.304 e. The number of nitrogens with zero attached hydrogens (tertiary/aromatic N) is 1. The van der Waals surface area contributed by atoms with Crippen LogP contribution in [0.25, 0.3) is 0 Å². The van der Waals surface area contributed by atoms with Crippen LogP contribution >= 0.6 is 0 Å². The Morgan fingerprint density at radius 1 is 1.53 bits per heavy atom. The Morgan fingerprint density at radius 3 is 2.68 bits per heavy atom. The van der Waals surface area contributed by atoms with Crippen molar-refractivity contribution in [3.8, 4) is 5.75 Å². The van der Waals surface area contributed by atoms with E-state index >= 15 is 0 Å². The Kier molecular flexibility index (Phi) is 5.76. The molecule has 106 valence electrons. The van der Waals surface area contributed by atoms with Crippen LogP contribution in [0.5, 0.6) is 5.75 Å². The molecule has 0 aliphatic carbocycles. The van der Waals surface area contributed by atoms with E-state index in [0.29, 0.717) is 24.4 Å². The lowest BCUT2D eigenvalue weighted by atomic mass is 10.1. The van der Waals surface area contributed by atoms with Crippen LogP contribution in [0.2, 0.25) is 0 Å². The molecule has 1 N–H and O–H groups in total. The maximum absolute atomic E-state index is 13.8. The van der Waals surface area contributed by atoms with Gasteiger partial charge < -0.3 is 9.84 Å². The summed E-state index contributed by atoms with van der Waals surface area (Å²) < 4.78 is 18.8. The zero-order valence-corrected chi connectivity index (χ0v) is 11.5. The van der Waals surface area contributed by atoms with Crippen molar-refractivity contribution in [1.29, 1.82) is 0 Å². The van der Waals surface area contributed by atoms with Gasteiger partial charge in [-0.25, -0.2) is 4.39 Å². The molecular weight excluding hydrogens is 249 g/mol. The predicted octanol–water partition coefficient (Wildman–Crippen LogP) is 2.52. The van der Waals surface area contributed by atoms with Crippen LogP contribution in [0.15, 0.2) is 18.2 Å².